The number of carbonyl (C=O) groups excluding carboxylic acids is 1. The normalized spacial score (nSPS) is 11.2. The summed E-state index contributed by atoms with van der Waals surface area (Å²) >= 11 is 0. The first-order valence-electron chi connectivity index (χ1n) is 11.8. The number of carbonyl (C=O) groups is 1. The molecule has 3 aromatic rings. The number of aromatic amines is 1. The van der Waals surface area contributed by atoms with Crippen molar-refractivity contribution in [2.75, 3.05) is 17.2 Å². The van der Waals surface area contributed by atoms with Gasteiger partial charge in [-0.1, -0.05) is 27.2 Å². The number of hydrogen-bond acceptors (Lipinski definition) is 6. The molecule has 188 valence electrons. The lowest BCUT2D eigenvalue weighted by Gasteiger charge is -2.25. The number of rotatable bonds is 11. The van der Waals surface area contributed by atoms with E-state index in [9.17, 15) is 18.8 Å². The van der Waals surface area contributed by atoms with Crippen molar-refractivity contribution < 1.29 is 13.6 Å². The molecular weight excluding hydrogens is 453 g/mol. The number of H-pyrrole nitrogens is 1. The lowest BCUT2D eigenvalue weighted by molar-refractivity contribution is -0.118. The highest BCUT2D eigenvalue weighted by Gasteiger charge is 2.24. The summed E-state index contributed by atoms with van der Waals surface area (Å²) in [6.07, 6.45) is 3.94. The van der Waals surface area contributed by atoms with Gasteiger partial charge in [0, 0.05) is 31.5 Å². The van der Waals surface area contributed by atoms with E-state index in [0.29, 0.717) is 36.6 Å². The number of nitrogens with two attached hydrogens (primary N) is 1. The molecule has 0 spiro atoms. The molecule has 0 saturated heterocycles. The fraction of sp³-hybridized carbons (Fsp3) is 0.440. The average molecular weight is 486 g/mol. The van der Waals surface area contributed by atoms with Crippen LogP contribution in [-0.4, -0.2) is 27.0 Å². The number of aromatic nitrogens is 3. The molecule has 0 atom stereocenters. The Hall–Kier alpha value is -3.69. The maximum absolute atomic E-state index is 13.3. The van der Waals surface area contributed by atoms with E-state index in [-0.39, 0.29) is 48.5 Å². The van der Waals surface area contributed by atoms with E-state index < -0.39 is 11.2 Å². The number of benzene rings is 1. The molecule has 0 radical (unpaired) electrons. The molecule has 35 heavy (non-hydrogen) atoms. The second-order valence-electron chi connectivity index (χ2n) is 8.85. The summed E-state index contributed by atoms with van der Waals surface area (Å²) in [5.41, 5.74) is 5.63. The third kappa shape index (κ3) is 6.46. The second-order valence-corrected chi connectivity index (χ2v) is 8.85. The van der Waals surface area contributed by atoms with Gasteiger partial charge in [0.2, 0.25) is 5.91 Å². The van der Waals surface area contributed by atoms with E-state index in [0.717, 1.165) is 6.42 Å². The van der Waals surface area contributed by atoms with E-state index >= 15 is 0 Å². The molecule has 10 heteroatoms. The predicted octanol–water partition coefficient (Wildman–Crippen LogP) is 3.72. The Labute approximate surface area is 202 Å². The Balaban J connectivity index is 1.83. The van der Waals surface area contributed by atoms with Crippen molar-refractivity contribution in [3.05, 3.63) is 63.0 Å². The zero-order valence-electron chi connectivity index (χ0n) is 20.3. The minimum absolute atomic E-state index is 0.00856. The van der Waals surface area contributed by atoms with Gasteiger partial charge in [0.15, 0.2) is 17.3 Å². The highest BCUT2D eigenvalue weighted by Crippen LogP contribution is 2.23. The van der Waals surface area contributed by atoms with Crippen LogP contribution in [0.1, 0.15) is 52.3 Å². The van der Waals surface area contributed by atoms with Crippen molar-refractivity contribution in [2.45, 2.75) is 59.4 Å². The van der Waals surface area contributed by atoms with Gasteiger partial charge < -0.3 is 15.1 Å². The Morgan fingerprint density at radius 1 is 1.26 bits per heavy atom. The van der Waals surface area contributed by atoms with Crippen LogP contribution in [0.15, 0.2) is 44.5 Å². The first kappa shape index (κ1) is 25.9. The van der Waals surface area contributed by atoms with Crippen molar-refractivity contribution >= 4 is 17.4 Å². The maximum Gasteiger partial charge on any atom is 0.330 e. The summed E-state index contributed by atoms with van der Waals surface area (Å²) < 4.78 is 20.2. The zero-order valence-corrected chi connectivity index (χ0v) is 20.3. The standard InChI is InChI=1S/C25H32FN5O4/c1-4-5-13-31-23(27)22(24(33)29-25(31)34)30(14-12-16(2)3)21(32)11-10-20-28-15-19(35-20)17-6-8-18(26)9-7-17/h6-9,15-16H,4-5,10-14,27H2,1-3H3,(H,29,33,34). The average Bonchev–Trinajstić information content (AvgIpc) is 3.28. The molecule has 3 N–H and O–H groups in total. The van der Waals surface area contributed by atoms with Gasteiger partial charge in [-0.25, -0.2) is 14.2 Å². The van der Waals surface area contributed by atoms with Crippen molar-refractivity contribution in [1.29, 1.82) is 0 Å². The SMILES string of the molecule is CCCCn1c(N)c(N(CCC(C)C)C(=O)CCc2ncc(-c3ccc(F)cc3)o2)c(=O)[nH]c1=O. The van der Waals surface area contributed by atoms with Gasteiger partial charge in [-0.05, 0) is 43.0 Å². The van der Waals surface area contributed by atoms with E-state index in [1.54, 1.807) is 12.1 Å². The van der Waals surface area contributed by atoms with Gasteiger partial charge in [0.05, 0.1) is 6.20 Å². The molecule has 2 heterocycles. The number of nitrogens with zero attached hydrogens (tertiary/aromatic N) is 3. The van der Waals surface area contributed by atoms with E-state index in [4.69, 9.17) is 10.2 Å². The molecular formula is C25H32FN5O4. The first-order chi connectivity index (χ1) is 16.7. The van der Waals surface area contributed by atoms with Crippen molar-refractivity contribution in [3.63, 3.8) is 0 Å². The van der Waals surface area contributed by atoms with Crippen LogP contribution in [0.4, 0.5) is 15.9 Å². The predicted molar refractivity (Wildman–Crippen MR) is 133 cm³/mol. The molecule has 0 bridgehead atoms. The third-order valence-corrected chi connectivity index (χ3v) is 5.69. The van der Waals surface area contributed by atoms with Gasteiger partial charge in [-0.3, -0.25) is 19.1 Å². The number of halogens is 1. The van der Waals surface area contributed by atoms with Gasteiger partial charge in [0.1, 0.15) is 11.6 Å². The summed E-state index contributed by atoms with van der Waals surface area (Å²) in [7, 11) is 0. The number of nitrogen functional groups attached to an aromatic ring is 1. The van der Waals surface area contributed by atoms with Crippen LogP contribution in [0.3, 0.4) is 0 Å². The van der Waals surface area contributed by atoms with Crippen molar-refractivity contribution in [1.82, 2.24) is 14.5 Å². The highest BCUT2D eigenvalue weighted by molar-refractivity contribution is 5.95. The Kier molecular flexibility index (Phi) is 8.62. The second kappa shape index (κ2) is 11.6. The molecule has 9 nitrogen and oxygen atoms in total. The number of aryl methyl sites for hydroxylation is 1. The maximum atomic E-state index is 13.3. The minimum atomic E-state index is -0.688. The quantitative estimate of drug-likeness (QED) is 0.426. The molecule has 0 saturated carbocycles. The summed E-state index contributed by atoms with van der Waals surface area (Å²) in [5.74, 6) is 0.394. The van der Waals surface area contributed by atoms with E-state index in [2.05, 4.69) is 9.97 Å². The number of oxazole rings is 1. The number of nitrogens with one attached hydrogen (secondary N) is 1. The smallest absolute Gasteiger partial charge is 0.330 e. The van der Waals surface area contributed by atoms with Gasteiger partial charge >= 0.3 is 5.69 Å². The third-order valence-electron chi connectivity index (χ3n) is 5.69. The number of hydrogen-bond donors (Lipinski definition) is 2. The molecule has 1 amide bonds. The molecule has 3 rings (SSSR count). The summed E-state index contributed by atoms with van der Waals surface area (Å²) in [6, 6.07) is 5.83. The largest absolute Gasteiger partial charge is 0.441 e. The number of unbranched alkanes of at least 4 members (excludes halogenated alkanes) is 1. The number of anilines is 2. The topological polar surface area (TPSA) is 127 Å². The lowest BCUT2D eigenvalue weighted by Crippen LogP contribution is -2.42. The zero-order chi connectivity index (χ0) is 25.5. The Bertz CT molecular complexity index is 1260. The van der Waals surface area contributed by atoms with Crippen molar-refractivity contribution in [3.8, 4) is 11.3 Å². The molecule has 0 aliphatic rings. The van der Waals surface area contributed by atoms with Gasteiger partial charge in [-0.15, -0.1) is 0 Å². The van der Waals surface area contributed by atoms with Crippen molar-refractivity contribution in [2.24, 2.45) is 5.92 Å². The van der Waals surface area contributed by atoms with Crippen LogP contribution in [0.25, 0.3) is 11.3 Å². The minimum Gasteiger partial charge on any atom is -0.441 e. The Morgan fingerprint density at radius 3 is 2.63 bits per heavy atom. The monoisotopic (exact) mass is 485 g/mol. The van der Waals surface area contributed by atoms with Crippen LogP contribution < -0.4 is 21.9 Å². The molecule has 2 aromatic heterocycles. The summed E-state index contributed by atoms with van der Waals surface area (Å²) in [6.45, 7) is 6.64. The first-order valence-corrected chi connectivity index (χ1v) is 11.8. The fourth-order valence-corrected chi connectivity index (χ4v) is 3.65. The highest BCUT2D eigenvalue weighted by atomic mass is 19.1. The van der Waals surface area contributed by atoms with Crippen LogP contribution in [-0.2, 0) is 17.8 Å². The van der Waals surface area contributed by atoms with Gasteiger partial charge in [-0.2, -0.15) is 0 Å². The summed E-state index contributed by atoms with van der Waals surface area (Å²) in [5, 5.41) is 0. The van der Waals surface area contributed by atoms with Crippen LogP contribution in [0.2, 0.25) is 0 Å². The van der Waals surface area contributed by atoms with E-state index in [1.165, 1.54) is 27.8 Å². The molecule has 1 aromatic carbocycles. The Morgan fingerprint density at radius 2 is 1.97 bits per heavy atom. The number of amides is 1. The lowest BCUT2D eigenvalue weighted by atomic mass is 10.1. The van der Waals surface area contributed by atoms with E-state index in [1.807, 2.05) is 20.8 Å². The molecule has 0 aliphatic heterocycles. The van der Waals surface area contributed by atoms with Crippen LogP contribution in [0.5, 0.6) is 0 Å². The molecule has 0 aliphatic carbocycles. The molecule has 0 unspecified atom stereocenters. The van der Waals surface area contributed by atoms with Gasteiger partial charge in [0.25, 0.3) is 5.56 Å². The summed E-state index contributed by atoms with van der Waals surface area (Å²) in [4.78, 5) is 46.2. The fourth-order valence-electron chi connectivity index (χ4n) is 3.65. The molecule has 0 fully saturated rings. The van der Waals surface area contributed by atoms with Crippen LogP contribution >= 0.6 is 0 Å². The van der Waals surface area contributed by atoms with Crippen LogP contribution in [0, 0.1) is 11.7 Å².